The summed E-state index contributed by atoms with van der Waals surface area (Å²) in [7, 11) is 1.65. The molecule has 3 N–H and O–H groups in total. The molecule has 2 heterocycles. The highest BCUT2D eigenvalue weighted by Gasteiger charge is 2.38. The Morgan fingerprint density at radius 3 is 2.56 bits per heavy atom. The molecule has 0 saturated carbocycles. The van der Waals surface area contributed by atoms with Gasteiger partial charge in [-0.2, -0.15) is 13.2 Å². The van der Waals surface area contributed by atoms with E-state index in [9.17, 15) is 18.0 Å². The molecule has 1 amide bonds. The number of carboxylic acid groups (broad SMARTS) is 1. The maximum atomic E-state index is 11.2. The van der Waals surface area contributed by atoms with Crippen molar-refractivity contribution in [3.8, 4) is 5.75 Å². The lowest BCUT2D eigenvalue weighted by Crippen LogP contribution is -2.27. The fourth-order valence-electron chi connectivity index (χ4n) is 2.71. The van der Waals surface area contributed by atoms with Gasteiger partial charge in [0.25, 0.3) is 0 Å². The van der Waals surface area contributed by atoms with E-state index in [4.69, 9.17) is 24.8 Å². The van der Waals surface area contributed by atoms with Crippen LogP contribution >= 0.6 is 0 Å². The summed E-state index contributed by atoms with van der Waals surface area (Å²) in [6.07, 6.45) is -4.25. The van der Waals surface area contributed by atoms with E-state index >= 15 is 0 Å². The number of rotatable bonds is 4. The first-order valence-electron chi connectivity index (χ1n) is 7.98. The predicted octanol–water partition coefficient (Wildman–Crippen LogP) is 2.38. The number of nitrogens with zero attached hydrogens (tertiary/aromatic N) is 1. The first kappa shape index (κ1) is 20.6. The van der Waals surface area contributed by atoms with E-state index in [2.05, 4.69) is 4.90 Å². The molecular formula is C17H19F3N2O5. The molecule has 1 atom stereocenters. The van der Waals surface area contributed by atoms with Crippen LogP contribution in [0.1, 0.15) is 12.2 Å². The number of furan rings is 1. The Kier molecular flexibility index (Phi) is 6.32. The Morgan fingerprint density at radius 2 is 2.04 bits per heavy atom. The molecule has 2 aromatic rings. The topological polar surface area (TPSA) is 106 Å². The highest BCUT2D eigenvalue weighted by Crippen LogP contribution is 2.26. The summed E-state index contributed by atoms with van der Waals surface area (Å²) in [5, 5.41) is 8.16. The average Bonchev–Trinajstić information content (AvgIpc) is 3.20. The lowest BCUT2D eigenvalue weighted by Gasteiger charge is -2.12. The Balaban J connectivity index is 0.000000321. The first-order valence-corrected chi connectivity index (χ1v) is 7.98. The maximum absolute atomic E-state index is 11.2. The van der Waals surface area contributed by atoms with E-state index in [0.717, 1.165) is 42.0 Å². The second-order valence-electron chi connectivity index (χ2n) is 6.04. The van der Waals surface area contributed by atoms with E-state index < -0.39 is 12.1 Å². The van der Waals surface area contributed by atoms with E-state index in [1.54, 1.807) is 7.11 Å². The van der Waals surface area contributed by atoms with Gasteiger partial charge in [0.2, 0.25) is 5.91 Å². The van der Waals surface area contributed by atoms with Crippen molar-refractivity contribution >= 4 is 22.8 Å². The van der Waals surface area contributed by atoms with Crippen molar-refractivity contribution in [2.24, 2.45) is 11.7 Å². The van der Waals surface area contributed by atoms with Gasteiger partial charge in [-0.05, 0) is 37.2 Å². The molecule has 0 bridgehead atoms. The third kappa shape index (κ3) is 5.61. The fourth-order valence-corrected chi connectivity index (χ4v) is 2.71. The lowest BCUT2D eigenvalue weighted by atomic mass is 10.1. The van der Waals surface area contributed by atoms with Gasteiger partial charge in [-0.15, -0.1) is 0 Å². The van der Waals surface area contributed by atoms with Gasteiger partial charge in [-0.25, -0.2) is 4.79 Å². The molecule has 10 heteroatoms. The van der Waals surface area contributed by atoms with E-state index in [0.29, 0.717) is 6.54 Å². The molecule has 0 aliphatic carbocycles. The van der Waals surface area contributed by atoms with Crippen LogP contribution in [0.3, 0.4) is 0 Å². The number of hydrogen-bond acceptors (Lipinski definition) is 5. The number of carbonyl (C=O) groups excluding carboxylic acids is 1. The lowest BCUT2D eigenvalue weighted by molar-refractivity contribution is -0.192. The number of halogens is 3. The van der Waals surface area contributed by atoms with Crippen molar-refractivity contribution in [1.82, 2.24) is 4.90 Å². The third-order valence-electron chi connectivity index (χ3n) is 4.07. The van der Waals surface area contributed by atoms with Crippen LogP contribution in [0.25, 0.3) is 11.0 Å². The van der Waals surface area contributed by atoms with Gasteiger partial charge >= 0.3 is 12.1 Å². The number of fused-ring (bicyclic) bond motifs is 1. The van der Waals surface area contributed by atoms with Gasteiger partial charge in [0.15, 0.2) is 0 Å². The number of nitrogens with two attached hydrogens (primary N) is 1. The zero-order chi connectivity index (χ0) is 20.2. The Hall–Kier alpha value is -2.75. The van der Waals surface area contributed by atoms with Crippen molar-refractivity contribution in [3.05, 3.63) is 30.0 Å². The van der Waals surface area contributed by atoms with Crippen LogP contribution in [0.2, 0.25) is 0 Å². The highest BCUT2D eigenvalue weighted by atomic mass is 19.4. The number of hydrogen-bond donors (Lipinski definition) is 2. The number of primary amides is 1. The number of amides is 1. The van der Waals surface area contributed by atoms with Gasteiger partial charge < -0.3 is 20.0 Å². The molecule has 1 fully saturated rings. The molecule has 148 valence electrons. The van der Waals surface area contributed by atoms with Crippen LogP contribution in [-0.4, -0.2) is 48.3 Å². The summed E-state index contributed by atoms with van der Waals surface area (Å²) in [6, 6.07) is 7.77. The smallest absolute Gasteiger partial charge is 0.490 e. The molecule has 0 radical (unpaired) electrons. The summed E-state index contributed by atoms with van der Waals surface area (Å²) in [4.78, 5) is 22.3. The minimum atomic E-state index is -5.08. The number of benzene rings is 1. The Bertz CT molecular complexity index is 818. The maximum Gasteiger partial charge on any atom is 0.490 e. The summed E-state index contributed by atoms with van der Waals surface area (Å²) >= 11 is 0. The first-order chi connectivity index (χ1) is 12.6. The van der Waals surface area contributed by atoms with Gasteiger partial charge in [0.05, 0.1) is 19.6 Å². The van der Waals surface area contributed by atoms with Crippen molar-refractivity contribution < 1.29 is 37.0 Å². The van der Waals surface area contributed by atoms with Crippen LogP contribution in [0.4, 0.5) is 13.2 Å². The normalized spacial score (nSPS) is 17.4. The average molecular weight is 388 g/mol. The number of carbonyl (C=O) groups is 2. The van der Waals surface area contributed by atoms with Crippen molar-refractivity contribution in [2.75, 3.05) is 20.2 Å². The Labute approximate surface area is 152 Å². The quantitative estimate of drug-likeness (QED) is 0.833. The number of methoxy groups -OCH3 is 1. The van der Waals surface area contributed by atoms with Crippen LogP contribution in [0, 0.1) is 5.92 Å². The van der Waals surface area contributed by atoms with Crippen LogP contribution in [-0.2, 0) is 16.1 Å². The minimum absolute atomic E-state index is 0.0283. The molecule has 1 unspecified atom stereocenters. The van der Waals surface area contributed by atoms with E-state index in [-0.39, 0.29) is 11.8 Å². The van der Waals surface area contributed by atoms with Gasteiger partial charge in [-0.1, -0.05) is 0 Å². The zero-order valence-electron chi connectivity index (χ0n) is 14.5. The van der Waals surface area contributed by atoms with Crippen molar-refractivity contribution in [3.63, 3.8) is 0 Å². The molecular weight excluding hydrogens is 369 g/mol. The molecule has 3 rings (SSSR count). The van der Waals surface area contributed by atoms with E-state index in [1.165, 1.54) is 0 Å². The molecule has 1 aromatic carbocycles. The highest BCUT2D eigenvalue weighted by molar-refractivity contribution is 5.79. The second-order valence-corrected chi connectivity index (χ2v) is 6.04. The van der Waals surface area contributed by atoms with Crippen molar-refractivity contribution in [1.29, 1.82) is 0 Å². The van der Waals surface area contributed by atoms with Gasteiger partial charge in [0.1, 0.15) is 17.1 Å². The van der Waals surface area contributed by atoms with Gasteiger partial charge in [-0.3, -0.25) is 9.69 Å². The molecule has 1 aliphatic heterocycles. The largest absolute Gasteiger partial charge is 0.497 e. The summed E-state index contributed by atoms with van der Waals surface area (Å²) < 4.78 is 42.7. The molecule has 0 spiro atoms. The molecule has 27 heavy (non-hydrogen) atoms. The number of alkyl halides is 3. The summed E-state index contributed by atoms with van der Waals surface area (Å²) in [5.41, 5.74) is 6.20. The van der Waals surface area contributed by atoms with Crippen LogP contribution in [0.5, 0.6) is 5.75 Å². The number of aliphatic carboxylic acids is 1. The summed E-state index contributed by atoms with van der Waals surface area (Å²) in [6.45, 7) is 2.31. The minimum Gasteiger partial charge on any atom is -0.497 e. The number of likely N-dealkylation sites (tertiary alicyclic amines) is 1. The van der Waals surface area contributed by atoms with Gasteiger partial charge in [0, 0.05) is 11.9 Å². The molecule has 1 saturated heterocycles. The monoisotopic (exact) mass is 388 g/mol. The number of carboxylic acids is 1. The zero-order valence-corrected chi connectivity index (χ0v) is 14.5. The second kappa shape index (κ2) is 8.30. The third-order valence-corrected chi connectivity index (χ3v) is 4.07. The number of ether oxygens (including phenoxy) is 1. The predicted molar refractivity (Wildman–Crippen MR) is 89.0 cm³/mol. The van der Waals surface area contributed by atoms with Crippen LogP contribution < -0.4 is 10.5 Å². The van der Waals surface area contributed by atoms with Crippen molar-refractivity contribution in [2.45, 2.75) is 19.1 Å². The standard InChI is InChI=1S/C15H18N2O3.C2HF3O2/c1-19-12-2-3-14-11(6-12)7-13(20-14)9-17-5-4-10(8-17)15(16)18;3-2(4,5)1(6)7/h2-3,6-7,10H,4-5,8-9H2,1H3,(H2,16,18);(H,6,7). The SMILES string of the molecule is COc1ccc2oc(CN3CCC(C(N)=O)C3)cc2c1.O=C(O)C(F)(F)F. The van der Waals surface area contributed by atoms with E-state index in [1.807, 2.05) is 24.3 Å². The summed E-state index contributed by atoms with van der Waals surface area (Å²) in [5.74, 6) is -1.27. The Morgan fingerprint density at radius 1 is 1.37 bits per heavy atom. The molecule has 7 nitrogen and oxygen atoms in total. The van der Waals surface area contributed by atoms with Crippen LogP contribution in [0.15, 0.2) is 28.7 Å². The molecule has 1 aromatic heterocycles. The fraction of sp³-hybridized carbons (Fsp3) is 0.412. The molecule has 1 aliphatic rings.